The Kier molecular flexibility index (Phi) is 4.86. The Labute approximate surface area is 137 Å². The average molecular weight is 309 g/mol. The summed E-state index contributed by atoms with van der Waals surface area (Å²) in [4.78, 5) is 0. The SMILES string of the molecule is C=C[C@@H](C)CC[C@@H]1[C@@]2(C)CC[C@@H](O)C(C)(C)[C@@H]2CC[C@@]1(C)O. The van der Waals surface area contributed by atoms with Crippen molar-refractivity contribution in [1.82, 2.24) is 0 Å². The van der Waals surface area contributed by atoms with Crippen LogP contribution in [0.2, 0.25) is 0 Å². The van der Waals surface area contributed by atoms with Crippen molar-refractivity contribution in [3.05, 3.63) is 12.7 Å². The van der Waals surface area contributed by atoms with E-state index < -0.39 is 5.60 Å². The second kappa shape index (κ2) is 5.94. The topological polar surface area (TPSA) is 40.5 Å². The van der Waals surface area contributed by atoms with Gasteiger partial charge in [-0.25, -0.2) is 0 Å². The van der Waals surface area contributed by atoms with Crippen LogP contribution in [0.4, 0.5) is 0 Å². The normalized spacial score (nSPS) is 45.9. The number of fused-ring (bicyclic) bond motifs is 1. The molecule has 2 aliphatic carbocycles. The molecule has 128 valence electrons. The van der Waals surface area contributed by atoms with E-state index in [1.165, 1.54) is 0 Å². The molecule has 0 aliphatic heterocycles. The Morgan fingerprint density at radius 3 is 2.41 bits per heavy atom. The molecule has 22 heavy (non-hydrogen) atoms. The van der Waals surface area contributed by atoms with E-state index in [1.54, 1.807) is 0 Å². The zero-order chi connectivity index (χ0) is 16.8. The molecule has 2 heteroatoms. The van der Waals surface area contributed by atoms with E-state index >= 15 is 0 Å². The Hall–Kier alpha value is -0.340. The third-order valence-electron chi connectivity index (χ3n) is 7.31. The molecule has 0 saturated heterocycles. The van der Waals surface area contributed by atoms with Crippen LogP contribution in [-0.2, 0) is 0 Å². The fraction of sp³-hybridized carbons (Fsp3) is 0.900. The highest BCUT2D eigenvalue weighted by Crippen LogP contribution is 2.63. The quantitative estimate of drug-likeness (QED) is 0.748. The molecule has 0 heterocycles. The van der Waals surface area contributed by atoms with Crippen molar-refractivity contribution >= 4 is 0 Å². The fourth-order valence-corrected chi connectivity index (χ4v) is 5.70. The summed E-state index contributed by atoms with van der Waals surface area (Å²) in [6.07, 6.45) is 7.74. The molecule has 2 aliphatic rings. The number of aliphatic hydroxyl groups excluding tert-OH is 1. The number of rotatable bonds is 4. The molecule has 0 bridgehead atoms. The Bertz CT molecular complexity index is 412. The van der Waals surface area contributed by atoms with Gasteiger partial charge in [-0.05, 0) is 74.0 Å². The van der Waals surface area contributed by atoms with Crippen molar-refractivity contribution in [3.8, 4) is 0 Å². The van der Waals surface area contributed by atoms with Gasteiger partial charge in [-0.3, -0.25) is 0 Å². The van der Waals surface area contributed by atoms with Gasteiger partial charge in [0, 0.05) is 0 Å². The zero-order valence-corrected chi connectivity index (χ0v) is 15.2. The lowest BCUT2D eigenvalue weighted by molar-refractivity contribution is -0.196. The first-order valence-corrected chi connectivity index (χ1v) is 9.08. The lowest BCUT2D eigenvalue weighted by Crippen LogP contribution is -2.60. The maximum absolute atomic E-state index is 11.1. The lowest BCUT2D eigenvalue weighted by atomic mass is 9.44. The van der Waals surface area contributed by atoms with Crippen molar-refractivity contribution < 1.29 is 10.2 Å². The molecule has 2 rings (SSSR count). The summed E-state index contributed by atoms with van der Waals surface area (Å²) >= 11 is 0. The summed E-state index contributed by atoms with van der Waals surface area (Å²) in [6.45, 7) is 15.0. The molecule has 6 atom stereocenters. The predicted molar refractivity (Wildman–Crippen MR) is 92.6 cm³/mol. The summed E-state index contributed by atoms with van der Waals surface area (Å²) in [7, 11) is 0. The molecule has 0 spiro atoms. The number of allylic oxidation sites excluding steroid dienone is 1. The predicted octanol–water partition coefficient (Wildman–Crippen LogP) is 4.55. The molecule has 0 aromatic heterocycles. The molecule has 0 aromatic carbocycles. The van der Waals surface area contributed by atoms with Crippen molar-refractivity contribution in [1.29, 1.82) is 0 Å². The zero-order valence-electron chi connectivity index (χ0n) is 15.2. The Balaban J connectivity index is 2.29. The third kappa shape index (κ3) is 2.89. The molecule has 0 aromatic rings. The van der Waals surface area contributed by atoms with Crippen molar-refractivity contribution in [2.45, 2.75) is 84.8 Å². The van der Waals surface area contributed by atoms with Gasteiger partial charge in [-0.15, -0.1) is 6.58 Å². The van der Waals surface area contributed by atoms with Crippen LogP contribution >= 0.6 is 0 Å². The number of aliphatic hydroxyl groups is 2. The van der Waals surface area contributed by atoms with Crippen molar-refractivity contribution in [2.75, 3.05) is 0 Å². The summed E-state index contributed by atoms with van der Waals surface area (Å²) in [5.41, 5.74) is -0.498. The van der Waals surface area contributed by atoms with E-state index in [4.69, 9.17) is 0 Å². The fourth-order valence-electron chi connectivity index (χ4n) is 5.70. The van der Waals surface area contributed by atoms with E-state index in [-0.39, 0.29) is 16.9 Å². The van der Waals surface area contributed by atoms with E-state index in [9.17, 15) is 10.2 Å². The summed E-state index contributed by atoms with van der Waals surface area (Å²) in [5.74, 6) is 1.31. The number of hydrogen-bond donors (Lipinski definition) is 2. The minimum atomic E-state index is -0.579. The van der Waals surface area contributed by atoms with Crippen molar-refractivity contribution in [2.24, 2.45) is 28.6 Å². The second-order valence-corrected chi connectivity index (χ2v) is 9.17. The van der Waals surface area contributed by atoms with Crippen LogP contribution in [0.1, 0.15) is 73.1 Å². The molecule has 2 saturated carbocycles. The molecule has 2 fully saturated rings. The summed E-state index contributed by atoms with van der Waals surface area (Å²) in [5, 5.41) is 21.6. The first-order valence-electron chi connectivity index (χ1n) is 9.08. The van der Waals surface area contributed by atoms with E-state index in [0.717, 1.165) is 38.5 Å². The summed E-state index contributed by atoms with van der Waals surface area (Å²) in [6, 6.07) is 0. The molecule has 0 amide bonds. The number of hydrogen-bond acceptors (Lipinski definition) is 2. The highest BCUT2D eigenvalue weighted by atomic mass is 16.3. The Morgan fingerprint density at radius 2 is 1.82 bits per heavy atom. The van der Waals surface area contributed by atoms with Crippen LogP contribution in [0.3, 0.4) is 0 Å². The van der Waals surface area contributed by atoms with Gasteiger partial charge in [0.25, 0.3) is 0 Å². The highest BCUT2D eigenvalue weighted by molar-refractivity contribution is 5.09. The van der Waals surface area contributed by atoms with Gasteiger partial charge < -0.3 is 10.2 Å². The van der Waals surface area contributed by atoms with Crippen molar-refractivity contribution in [3.63, 3.8) is 0 Å². The van der Waals surface area contributed by atoms with Gasteiger partial charge in [0.05, 0.1) is 11.7 Å². The molecule has 2 N–H and O–H groups in total. The van der Waals surface area contributed by atoms with Crippen LogP contribution in [-0.4, -0.2) is 21.9 Å². The third-order valence-corrected chi connectivity index (χ3v) is 7.31. The maximum Gasteiger partial charge on any atom is 0.0653 e. The van der Waals surface area contributed by atoms with Gasteiger partial charge in [0.15, 0.2) is 0 Å². The van der Waals surface area contributed by atoms with Gasteiger partial charge in [0.1, 0.15) is 0 Å². The molecular weight excluding hydrogens is 272 g/mol. The monoisotopic (exact) mass is 308 g/mol. The van der Waals surface area contributed by atoms with E-state index in [0.29, 0.717) is 17.8 Å². The van der Waals surface area contributed by atoms with Gasteiger partial charge in [0.2, 0.25) is 0 Å². The molecule has 2 nitrogen and oxygen atoms in total. The van der Waals surface area contributed by atoms with E-state index in [2.05, 4.69) is 34.3 Å². The first-order chi connectivity index (χ1) is 10.1. The first kappa shape index (κ1) is 18.0. The summed E-state index contributed by atoms with van der Waals surface area (Å²) < 4.78 is 0. The smallest absolute Gasteiger partial charge is 0.0653 e. The minimum absolute atomic E-state index is 0.0498. The van der Waals surface area contributed by atoms with Crippen LogP contribution in [0.15, 0.2) is 12.7 Å². The Morgan fingerprint density at radius 1 is 1.18 bits per heavy atom. The molecule has 0 unspecified atom stereocenters. The molecular formula is C20H36O2. The van der Waals surface area contributed by atoms with Gasteiger partial charge >= 0.3 is 0 Å². The van der Waals surface area contributed by atoms with Crippen LogP contribution in [0.25, 0.3) is 0 Å². The van der Waals surface area contributed by atoms with Crippen LogP contribution in [0, 0.1) is 28.6 Å². The highest BCUT2D eigenvalue weighted by Gasteiger charge is 2.59. The minimum Gasteiger partial charge on any atom is -0.393 e. The standard InChI is InChI=1S/C20H36O2/c1-7-14(2)8-9-16-19(5)12-11-17(21)18(3,4)15(19)10-13-20(16,6)22/h7,14-17,21-22H,1,8-13H2,2-6H3/t14-,15+,16-,17-,19+,20-/m1/s1. The maximum atomic E-state index is 11.1. The average Bonchev–Trinajstić information content (AvgIpc) is 2.41. The molecule has 0 radical (unpaired) electrons. The van der Waals surface area contributed by atoms with Gasteiger partial charge in [-0.1, -0.05) is 33.8 Å². The van der Waals surface area contributed by atoms with Gasteiger partial charge in [-0.2, -0.15) is 0 Å². The second-order valence-electron chi connectivity index (χ2n) is 9.17. The largest absolute Gasteiger partial charge is 0.393 e. The lowest BCUT2D eigenvalue weighted by Gasteiger charge is -2.62. The van der Waals surface area contributed by atoms with E-state index in [1.807, 2.05) is 13.0 Å². The van der Waals surface area contributed by atoms with Crippen LogP contribution < -0.4 is 0 Å². The van der Waals surface area contributed by atoms with Crippen LogP contribution in [0.5, 0.6) is 0 Å².